The highest BCUT2D eigenvalue weighted by atomic mass is 19.1. The maximum absolute atomic E-state index is 12.9. The van der Waals surface area contributed by atoms with E-state index in [1.165, 1.54) is 28.9 Å². The Morgan fingerprint density at radius 3 is 2.36 bits per heavy atom. The Hall–Kier alpha value is -2.36. The van der Waals surface area contributed by atoms with Crippen molar-refractivity contribution in [1.29, 1.82) is 0 Å². The number of rotatable bonds is 4. The molecule has 1 saturated heterocycles. The Balaban J connectivity index is 1.52. The molecule has 1 aliphatic rings. The molecular weight excluding hydrogens is 315 g/mol. The number of piperazine rings is 1. The second-order valence-corrected chi connectivity index (χ2v) is 6.71. The first-order valence-electron chi connectivity index (χ1n) is 8.88. The van der Waals surface area contributed by atoms with Gasteiger partial charge in [0, 0.05) is 38.3 Å². The lowest BCUT2D eigenvalue weighted by molar-refractivity contribution is -0.131. The first-order valence-corrected chi connectivity index (χ1v) is 8.88. The molecule has 2 aromatic carbocycles. The molecule has 0 saturated carbocycles. The molecule has 132 valence electrons. The van der Waals surface area contributed by atoms with Crippen molar-refractivity contribution < 1.29 is 9.18 Å². The standard InChI is InChI=1S/C21H25FN2O/c1-16-4-3-5-20(17(16)2)23-12-14-24(15-13-23)21(25)11-8-18-6-9-19(22)10-7-18/h3-7,9-10H,8,11-15H2,1-2H3. The number of hydrogen-bond donors (Lipinski definition) is 0. The predicted molar refractivity (Wildman–Crippen MR) is 99.4 cm³/mol. The van der Waals surface area contributed by atoms with Crippen molar-refractivity contribution in [3.63, 3.8) is 0 Å². The Morgan fingerprint density at radius 2 is 1.68 bits per heavy atom. The van der Waals surface area contributed by atoms with E-state index in [1.54, 1.807) is 12.1 Å². The topological polar surface area (TPSA) is 23.6 Å². The van der Waals surface area contributed by atoms with Crippen molar-refractivity contribution in [3.8, 4) is 0 Å². The summed E-state index contributed by atoms with van der Waals surface area (Å²) >= 11 is 0. The van der Waals surface area contributed by atoms with E-state index >= 15 is 0 Å². The van der Waals surface area contributed by atoms with Crippen LogP contribution in [-0.2, 0) is 11.2 Å². The van der Waals surface area contributed by atoms with Crippen molar-refractivity contribution in [1.82, 2.24) is 4.90 Å². The van der Waals surface area contributed by atoms with E-state index < -0.39 is 0 Å². The number of benzene rings is 2. The number of carbonyl (C=O) groups is 1. The van der Waals surface area contributed by atoms with Gasteiger partial charge < -0.3 is 9.80 Å². The second-order valence-electron chi connectivity index (χ2n) is 6.71. The molecular formula is C21H25FN2O. The van der Waals surface area contributed by atoms with Gasteiger partial charge in [0.05, 0.1) is 0 Å². The number of aryl methyl sites for hydroxylation is 2. The fourth-order valence-electron chi connectivity index (χ4n) is 3.34. The van der Waals surface area contributed by atoms with Crippen LogP contribution in [0.5, 0.6) is 0 Å². The number of halogens is 1. The molecule has 0 bridgehead atoms. The van der Waals surface area contributed by atoms with Gasteiger partial charge in [-0.05, 0) is 55.2 Å². The lowest BCUT2D eigenvalue weighted by Crippen LogP contribution is -2.49. The molecule has 0 N–H and O–H groups in total. The van der Waals surface area contributed by atoms with E-state index in [2.05, 4.69) is 36.9 Å². The van der Waals surface area contributed by atoms with E-state index in [0.717, 1.165) is 31.7 Å². The van der Waals surface area contributed by atoms with Gasteiger partial charge in [0.1, 0.15) is 5.82 Å². The number of hydrogen-bond acceptors (Lipinski definition) is 2. The Bertz CT molecular complexity index is 734. The van der Waals surface area contributed by atoms with Crippen LogP contribution in [-0.4, -0.2) is 37.0 Å². The molecule has 0 radical (unpaired) electrons. The average molecular weight is 340 g/mol. The van der Waals surface area contributed by atoms with Crippen molar-refractivity contribution in [2.75, 3.05) is 31.1 Å². The van der Waals surface area contributed by atoms with Crippen molar-refractivity contribution in [3.05, 3.63) is 65.0 Å². The molecule has 0 spiro atoms. The molecule has 1 heterocycles. The molecule has 1 aliphatic heterocycles. The van der Waals surface area contributed by atoms with Gasteiger partial charge in [0.2, 0.25) is 5.91 Å². The van der Waals surface area contributed by atoms with Crippen LogP contribution in [0, 0.1) is 19.7 Å². The lowest BCUT2D eigenvalue weighted by Gasteiger charge is -2.37. The smallest absolute Gasteiger partial charge is 0.223 e. The molecule has 0 aliphatic carbocycles. The van der Waals surface area contributed by atoms with Crippen LogP contribution in [0.15, 0.2) is 42.5 Å². The van der Waals surface area contributed by atoms with Gasteiger partial charge in [0.25, 0.3) is 0 Å². The van der Waals surface area contributed by atoms with Crippen molar-refractivity contribution >= 4 is 11.6 Å². The predicted octanol–water partition coefficient (Wildman–Crippen LogP) is 3.72. The van der Waals surface area contributed by atoms with Crippen LogP contribution in [0.3, 0.4) is 0 Å². The van der Waals surface area contributed by atoms with Crippen LogP contribution in [0.25, 0.3) is 0 Å². The van der Waals surface area contributed by atoms with Crippen LogP contribution in [0.2, 0.25) is 0 Å². The second kappa shape index (κ2) is 7.68. The summed E-state index contributed by atoms with van der Waals surface area (Å²) in [4.78, 5) is 16.8. The third-order valence-electron chi connectivity index (χ3n) is 5.09. The minimum Gasteiger partial charge on any atom is -0.368 e. The molecule has 3 rings (SSSR count). The average Bonchev–Trinajstić information content (AvgIpc) is 2.63. The summed E-state index contributed by atoms with van der Waals surface area (Å²) in [7, 11) is 0. The Kier molecular flexibility index (Phi) is 5.37. The number of nitrogens with zero attached hydrogens (tertiary/aromatic N) is 2. The zero-order chi connectivity index (χ0) is 17.8. The first-order chi connectivity index (χ1) is 12.0. The van der Waals surface area contributed by atoms with Gasteiger partial charge >= 0.3 is 0 Å². The first kappa shape index (κ1) is 17.5. The molecule has 3 nitrogen and oxygen atoms in total. The summed E-state index contributed by atoms with van der Waals surface area (Å²) in [6, 6.07) is 12.8. The van der Waals surface area contributed by atoms with Gasteiger partial charge in [-0.15, -0.1) is 0 Å². The maximum Gasteiger partial charge on any atom is 0.223 e. The molecule has 0 atom stereocenters. The summed E-state index contributed by atoms with van der Waals surface area (Å²) in [6.07, 6.45) is 1.14. The third-order valence-corrected chi connectivity index (χ3v) is 5.09. The largest absolute Gasteiger partial charge is 0.368 e. The van der Waals surface area contributed by atoms with Crippen LogP contribution >= 0.6 is 0 Å². The van der Waals surface area contributed by atoms with Crippen LogP contribution < -0.4 is 4.90 Å². The minimum absolute atomic E-state index is 0.185. The van der Waals surface area contributed by atoms with Gasteiger partial charge in [-0.1, -0.05) is 24.3 Å². The normalized spacial score (nSPS) is 14.7. The summed E-state index contributed by atoms with van der Waals surface area (Å²) in [5.74, 6) is -0.0532. The van der Waals surface area contributed by atoms with Gasteiger partial charge in [-0.25, -0.2) is 4.39 Å². The SMILES string of the molecule is Cc1cccc(N2CCN(C(=O)CCc3ccc(F)cc3)CC2)c1C. The summed E-state index contributed by atoms with van der Waals surface area (Å²) in [5.41, 5.74) is 4.90. The molecule has 4 heteroatoms. The van der Waals surface area contributed by atoms with Gasteiger partial charge in [0.15, 0.2) is 0 Å². The highest BCUT2D eigenvalue weighted by molar-refractivity contribution is 5.77. The van der Waals surface area contributed by atoms with Gasteiger partial charge in [-0.3, -0.25) is 4.79 Å². The molecule has 1 fully saturated rings. The van der Waals surface area contributed by atoms with Crippen molar-refractivity contribution in [2.45, 2.75) is 26.7 Å². The molecule has 0 aromatic heterocycles. The molecule has 2 aromatic rings. The van der Waals surface area contributed by atoms with E-state index in [9.17, 15) is 9.18 Å². The number of carbonyl (C=O) groups excluding carboxylic acids is 1. The minimum atomic E-state index is -0.238. The number of anilines is 1. The van der Waals surface area contributed by atoms with E-state index in [4.69, 9.17) is 0 Å². The van der Waals surface area contributed by atoms with E-state index in [0.29, 0.717) is 12.8 Å². The van der Waals surface area contributed by atoms with Crippen LogP contribution in [0.4, 0.5) is 10.1 Å². The highest BCUT2D eigenvalue weighted by Gasteiger charge is 2.22. The molecule has 1 amide bonds. The van der Waals surface area contributed by atoms with Crippen LogP contribution in [0.1, 0.15) is 23.1 Å². The molecule has 0 unspecified atom stereocenters. The third kappa shape index (κ3) is 4.19. The monoisotopic (exact) mass is 340 g/mol. The Labute approximate surface area is 149 Å². The summed E-state index contributed by atoms with van der Waals surface area (Å²) in [5, 5.41) is 0. The summed E-state index contributed by atoms with van der Waals surface area (Å²) < 4.78 is 12.9. The van der Waals surface area contributed by atoms with E-state index in [1.807, 2.05) is 4.90 Å². The Morgan fingerprint density at radius 1 is 1.00 bits per heavy atom. The van der Waals surface area contributed by atoms with Gasteiger partial charge in [-0.2, -0.15) is 0 Å². The highest BCUT2D eigenvalue weighted by Crippen LogP contribution is 2.24. The van der Waals surface area contributed by atoms with E-state index in [-0.39, 0.29) is 11.7 Å². The zero-order valence-corrected chi connectivity index (χ0v) is 15.0. The fraction of sp³-hybridized carbons (Fsp3) is 0.381. The quantitative estimate of drug-likeness (QED) is 0.847. The lowest BCUT2D eigenvalue weighted by atomic mass is 10.1. The molecule has 25 heavy (non-hydrogen) atoms. The van der Waals surface area contributed by atoms with Crippen molar-refractivity contribution in [2.24, 2.45) is 0 Å². The fourth-order valence-corrected chi connectivity index (χ4v) is 3.34. The number of amides is 1. The summed E-state index contributed by atoms with van der Waals surface area (Å²) in [6.45, 7) is 7.55. The maximum atomic E-state index is 12.9. The zero-order valence-electron chi connectivity index (χ0n) is 15.0.